The Labute approximate surface area is 135 Å². The number of nitrogens with zero attached hydrogens (tertiary/aromatic N) is 3. The fourth-order valence-electron chi connectivity index (χ4n) is 2.67. The zero-order valence-corrected chi connectivity index (χ0v) is 13.8. The lowest BCUT2D eigenvalue weighted by Gasteiger charge is -2.40. The van der Waals surface area contributed by atoms with E-state index in [0.717, 1.165) is 30.5 Å². The zero-order valence-electron chi connectivity index (χ0n) is 13.0. The molecule has 0 spiro atoms. The number of hydrogen-bond donors (Lipinski definition) is 0. The molecular formula is C16H21N3O2S. The van der Waals surface area contributed by atoms with Gasteiger partial charge in [-0.25, -0.2) is 4.98 Å². The summed E-state index contributed by atoms with van der Waals surface area (Å²) in [5, 5.41) is 0.969. The van der Waals surface area contributed by atoms with Crippen molar-refractivity contribution < 1.29 is 9.47 Å². The zero-order chi connectivity index (χ0) is 15.4. The van der Waals surface area contributed by atoms with Crippen molar-refractivity contribution >= 4 is 16.7 Å². The van der Waals surface area contributed by atoms with E-state index >= 15 is 0 Å². The van der Waals surface area contributed by atoms with Crippen molar-refractivity contribution in [2.75, 3.05) is 38.3 Å². The fraction of sp³-hybridized carbons (Fsp3) is 0.500. The van der Waals surface area contributed by atoms with Crippen molar-refractivity contribution in [3.63, 3.8) is 0 Å². The first-order valence-electron chi connectivity index (χ1n) is 7.47. The van der Waals surface area contributed by atoms with Gasteiger partial charge in [0.25, 0.3) is 0 Å². The number of benzene rings is 1. The second kappa shape index (κ2) is 6.73. The minimum atomic E-state index is -0.308. The third-order valence-corrected chi connectivity index (χ3v) is 4.73. The molecule has 0 bridgehead atoms. The molecule has 1 aromatic heterocycles. The van der Waals surface area contributed by atoms with Gasteiger partial charge in [0, 0.05) is 31.6 Å². The molecule has 6 heteroatoms. The summed E-state index contributed by atoms with van der Waals surface area (Å²) in [6.07, 6.45) is 0.757. The smallest absolute Gasteiger partial charge is 0.205 e. The maximum atomic E-state index is 6.07. The van der Waals surface area contributed by atoms with Gasteiger partial charge in [0.15, 0.2) is 0 Å². The minimum absolute atomic E-state index is 0.308. The van der Waals surface area contributed by atoms with Crippen LogP contribution in [0.1, 0.15) is 18.3 Å². The second-order valence-corrected chi connectivity index (χ2v) is 6.33. The molecule has 5 nitrogen and oxygen atoms in total. The summed E-state index contributed by atoms with van der Waals surface area (Å²) < 4.78 is 15.6. The van der Waals surface area contributed by atoms with E-state index in [-0.39, 0.29) is 5.60 Å². The monoisotopic (exact) mass is 319 g/mol. The molecule has 118 valence electrons. The second-order valence-electron chi connectivity index (χ2n) is 5.60. The normalized spacial score (nSPS) is 22.0. The molecule has 1 aliphatic rings. The van der Waals surface area contributed by atoms with Crippen LogP contribution < -0.4 is 4.90 Å². The van der Waals surface area contributed by atoms with Gasteiger partial charge in [0.2, 0.25) is 5.13 Å². The predicted octanol–water partition coefficient (Wildman–Crippen LogP) is 2.48. The molecule has 1 fully saturated rings. The number of anilines is 1. The van der Waals surface area contributed by atoms with Crippen molar-refractivity contribution in [2.45, 2.75) is 18.9 Å². The third kappa shape index (κ3) is 3.29. The predicted molar refractivity (Wildman–Crippen MR) is 87.4 cm³/mol. The Morgan fingerprint density at radius 1 is 1.36 bits per heavy atom. The molecule has 3 rings (SSSR count). The number of rotatable bonds is 5. The standard InChI is InChI=1S/C16H21N3O2S/c1-16(13-6-4-3-5-7-13)12-19(9-11-21-16)15-17-14(18-22-15)8-10-20-2/h3-7H,8-12H2,1-2H3. The molecule has 22 heavy (non-hydrogen) atoms. The molecule has 0 saturated carbocycles. The third-order valence-electron chi connectivity index (χ3n) is 3.92. The van der Waals surface area contributed by atoms with Crippen LogP contribution in [-0.2, 0) is 21.5 Å². The number of ether oxygens (including phenoxy) is 2. The Balaban J connectivity index is 1.74. The highest BCUT2D eigenvalue weighted by molar-refractivity contribution is 7.09. The van der Waals surface area contributed by atoms with Crippen LogP contribution in [0.25, 0.3) is 0 Å². The Morgan fingerprint density at radius 2 is 2.18 bits per heavy atom. The maximum Gasteiger partial charge on any atom is 0.205 e. The van der Waals surface area contributed by atoms with E-state index in [4.69, 9.17) is 9.47 Å². The van der Waals surface area contributed by atoms with E-state index < -0.39 is 0 Å². The summed E-state index contributed by atoms with van der Waals surface area (Å²) >= 11 is 1.46. The van der Waals surface area contributed by atoms with Crippen LogP contribution in [0.5, 0.6) is 0 Å². The molecular weight excluding hydrogens is 298 g/mol. The summed E-state index contributed by atoms with van der Waals surface area (Å²) in [6.45, 7) is 5.12. The number of methoxy groups -OCH3 is 1. The molecule has 1 aromatic carbocycles. The van der Waals surface area contributed by atoms with E-state index in [2.05, 4.69) is 45.4 Å². The molecule has 0 radical (unpaired) electrons. The SMILES string of the molecule is COCCc1nsc(N2CCOC(C)(c3ccccc3)C2)n1. The van der Waals surface area contributed by atoms with E-state index in [1.165, 1.54) is 17.1 Å². The Kier molecular flexibility index (Phi) is 4.71. The topological polar surface area (TPSA) is 47.5 Å². The Bertz CT molecular complexity index is 604. The van der Waals surface area contributed by atoms with Gasteiger partial charge in [-0.05, 0) is 12.5 Å². The van der Waals surface area contributed by atoms with Crippen LogP contribution in [0.2, 0.25) is 0 Å². The summed E-state index contributed by atoms with van der Waals surface area (Å²) in [5.41, 5.74) is 0.890. The van der Waals surface area contributed by atoms with Gasteiger partial charge in [-0.15, -0.1) is 0 Å². The van der Waals surface area contributed by atoms with Gasteiger partial charge in [-0.3, -0.25) is 0 Å². The average Bonchev–Trinajstić information content (AvgIpc) is 3.03. The quantitative estimate of drug-likeness (QED) is 0.847. The molecule has 2 aromatic rings. The van der Waals surface area contributed by atoms with Crippen molar-refractivity contribution in [3.05, 3.63) is 41.7 Å². The maximum absolute atomic E-state index is 6.07. The first kappa shape index (κ1) is 15.4. The lowest BCUT2D eigenvalue weighted by molar-refractivity contribution is -0.0466. The molecule has 1 atom stereocenters. The van der Waals surface area contributed by atoms with Crippen molar-refractivity contribution in [3.8, 4) is 0 Å². The van der Waals surface area contributed by atoms with Gasteiger partial charge in [-0.1, -0.05) is 30.3 Å². The molecule has 0 amide bonds. The van der Waals surface area contributed by atoms with E-state index in [1.807, 2.05) is 6.07 Å². The highest BCUT2D eigenvalue weighted by Gasteiger charge is 2.34. The van der Waals surface area contributed by atoms with Crippen LogP contribution in [0, 0.1) is 0 Å². The first-order valence-corrected chi connectivity index (χ1v) is 8.24. The molecule has 1 saturated heterocycles. The summed E-state index contributed by atoms with van der Waals surface area (Å²) in [6, 6.07) is 10.4. The van der Waals surface area contributed by atoms with Gasteiger partial charge in [0.05, 0.1) is 19.8 Å². The van der Waals surface area contributed by atoms with Crippen molar-refractivity contribution in [2.24, 2.45) is 0 Å². The van der Waals surface area contributed by atoms with Gasteiger partial charge >= 0.3 is 0 Å². The number of hydrogen-bond acceptors (Lipinski definition) is 6. The highest BCUT2D eigenvalue weighted by Crippen LogP contribution is 2.32. The van der Waals surface area contributed by atoms with Gasteiger partial charge in [0.1, 0.15) is 11.4 Å². The van der Waals surface area contributed by atoms with Crippen molar-refractivity contribution in [1.29, 1.82) is 0 Å². The van der Waals surface area contributed by atoms with E-state index in [9.17, 15) is 0 Å². The molecule has 1 aliphatic heterocycles. The summed E-state index contributed by atoms with van der Waals surface area (Å²) in [5.74, 6) is 0.856. The Morgan fingerprint density at radius 3 is 2.95 bits per heavy atom. The van der Waals surface area contributed by atoms with Gasteiger partial charge < -0.3 is 14.4 Å². The molecule has 2 heterocycles. The van der Waals surface area contributed by atoms with Crippen LogP contribution >= 0.6 is 11.5 Å². The Hall–Kier alpha value is -1.50. The lowest BCUT2D eigenvalue weighted by atomic mass is 9.94. The van der Waals surface area contributed by atoms with Crippen molar-refractivity contribution in [1.82, 2.24) is 9.36 Å². The fourth-order valence-corrected chi connectivity index (χ4v) is 3.40. The van der Waals surface area contributed by atoms with E-state index in [1.54, 1.807) is 7.11 Å². The number of aromatic nitrogens is 2. The van der Waals surface area contributed by atoms with Crippen LogP contribution in [-0.4, -0.2) is 42.8 Å². The molecule has 0 N–H and O–H groups in total. The van der Waals surface area contributed by atoms with Crippen LogP contribution in [0.15, 0.2) is 30.3 Å². The summed E-state index contributed by atoms with van der Waals surface area (Å²) in [4.78, 5) is 6.90. The lowest BCUT2D eigenvalue weighted by Crippen LogP contribution is -2.48. The minimum Gasteiger partial charge on any atom is -0.384 e. The molecule has 1 unspecified atom stereocenters. The van der Waals surface area contributed by atoms with Gasteiger partial charge in [-0.2, -0.15) is 4.37 Å². The summed E-state index contributed by atoms with van der Waals surface area (Å²) in [7, 11) is 1.69. The highest BCUT2D eigenvalue weighted by atomic mass is 32.1. The average molecular weight is 319 g/mol. The first-order chi connectivity index (χ1) is 10.7. The molecule has 0 aliphatic carbocycles. The van der Waals surface area contributed by atoms with Crippen LogP contribution in [0.3, 0.4) is 0 Å². The van der Waals surface area contributed by atoms with E-state index in [0.29, 0.717) is 13.2 Å². The van der Waals surface area contributed by atoms with Crippen LogP contribution in [0.4, 0.5) is 5.13 Å². The number of morpholine rings is 1. The largest absolute Gasteiger partial charge is 0.384 e.